The number of amides is 1. The maximum absolute atomic E-state index is 13.9. The van der Waals surface area contributed by atoms with Gasteiger partial charge in [0.15, 0.2) is 34.4 Å². The molecule has 0 saturated carbocycles. The molecule has 0 saturated heterocycles. The molecule has 1 unspecified atom stereocenters. The van der Waals surface area contributed by atoms with Gasteiger partial charge in [-0.15, -0.1) is 0 Å². The Morgan fingerprint density at radius 1 is 0.974 bits per heavy atom. The van der Waals surface area contributed by atoms with E-state index in [-0.39, 0.29) is 11.3 Å². The first-order valence-electron chi connectivity index (χ1n) is 12.1. The van der Waals surface area contributed by atoms with E-state index in [1.807, 2.05) is 32.0 Å². The van der Waals surface area contributed by atoms with Crippen molar-refractivity contribution in [1.82, 2.24) is 0 Å². The first-order chi connectivity index (χ1) is 18.4. The molecule has 1 N–H and O–H groups in total. The topological polar surface area (TPSA) is 98.4 Å². The van der Waals surface area contributed by atoms with E-state index >= 15 is 0 Å². The molecule has 0 aliphatic carbocycles. The van der Waals surface area contributed by atoms with Gasteiger partial charge in [-0.25, -0.2) is 0 Å². The second kappa shape index (κ2) is 9.97. The van der Waals surface area contributed by atoms with Crippen LogP contribution in [0.25, 0.3) is 11.0 Å². The van der Waals surface area contributed by atoms with E-state index in [2.05, 4.69) is 0 Å². The van der Waals surface area contributed by atoms with E-state index in [1.165, 1.54) is 19.1 Å². The molecule has 3 aromatic carbocycles. The normalized spacial score (nSPS) is 15.3. The number of nitrogens with zero attached hydrogens (tertiary/aromatic N) is 1. The zero-order valence-electron chi connectivity index (χ0n) is 21.5. The highest BCUT2D eigenvalue weighted by Crippen LogP contribution is 2.44. The van der Waals surface area contributed by atoms with E-state index in [0.29, 0.717) is 46.1 Å². The van der Waals surface area contributed by atoms with Gasteiger partial charge in [-0.3, -0.25) is 14.5 Å². The number of carbonyl (C=O) groups excluding carboxylic acids is 2. The molecular weight excluding hydrogens is 486 g/mol. The minimum absolute atomic E-state index is 0.0199. The molecule has 8 nitrogen and oxygen atoms in total. The molecule has 0 spiro atoms. The van der Waals surface area contributed by atoms with Crippen LogP contribution in [0.5, 0.6) is 17.2 Å². The van der Waals surface area contributed by atoms with Crippen LogP contribution in [0, 0.1) is 6.92 Å². The Kier molecular flexibility index (Phi) is 6.55. The van der Waals surface area contributed by atoms with Crippen molar-refractivity contribution in [2.45, 2.75) is 19.9 Å². The Hall–Kier alpha value is -4.72. The lowest BCUT2D eigenvalue weighted by atomic mass is 9.94. The fourth-order valence-corrected chi connectivity index (χ4v) is 4.77. The number of aryl methyl sites for hydroxylation is 1. The average Bonchev–Trinajstić information content (AvgIpc) is 3.47. The van der Waals surface area contributed by atoms with Crippen LogP contribution in [0.3, 0.4) is 0 Å². The number of benzene rings is 3. The van der Waals surface area contributed by atoms with Crippen LogP contribution in [0.1, 0.15) is 34.6 Å². The summed E-state index contributed by atoms with van der Waals surface area (Å²) in [5.41, 5.74) is 2.32. The number of ether oxygens (including phenoxy) is 3. The standard InChI is InChI=1S/C30H27NO7/c1-5-37-23-15-18(12-13-21(23)35-3)26-25(28(33)30(34)31(26)20-10-6-8-17(2)14-20)27(32)24-16-19-9-7-11-22(36-4)29(19)38-24/h6-16,26,33H,5H2,1-4H3. The lowest BCUT2D eigenvalue weighted by Crippen LogP contribution is -2.31. The number of carbonyl (C=O) groups is 2. The van der Waals surface area contributed by atoms with Crippen LogP contribution in [0.4, 0.5) is 5.69 Å². The molecule has 5 rings (SSSR count). The Morgan fingerprint density at radius 3 is 2.45 bits per heavy atom. The molecule has 194 valence electrons. The molecule has 38 heavy (non-hydrogen) atoms. The third kappa shape index (κ3) is 4.14. The molecule has 1 aliphatic heterocycles. The number of para-hydroxylation sites is 1. The number of anilines is 1. The summed E-state index contributed by atoms with van der Waals surface area (Å²) in [5.74, 6) is -0.523. The number of ketones is 1. The number of aliphatic hydroxyl groups is 1. The smallest absolute Gasteiger partial charge is 0.294 e. The summed E-state index contributed by atoms with van der Waals surface area (Å²) in [7, 11) is 3.05. The van der Waals surface area contributed by atoms with Crippen molar-refractivity contribution >= 4 is 28.3 Å². The van der Waals surface area contributed by atoms with Crippen molar-refractivity contribution in [3.05, 3.63) is 94.9 Å². The summed E-state index contributed by atoms with van der Waals surface area (Å²) in [6.07, 6.45) is 0. The minimum atomic E-state index is -0.947. The van der Waals surface area contributed by atoms with Crippen molar-refractivity contribution in [2.75, 3.05) is 25.7 Å². The second-order valence-electron chi connectivity index (χ2n) is 8.84. The van der Waals surface area contributed by atoms with Gasteiger partial charge in [-0.05, 0) is 61.4 Å². The van der Waals surface area contributed by atoms with Crippen molar-refractivity contribution < 1.29 is 33.3 Å². The van der Waals surface area contributed by atoms with Gasteiger partial charge in [0, 0.05) is 11.1 Å². The van der Waals surface area contributed by atoms with Gasteiger partial charge in [0.25, 0.3) is 5.91 Å². The molecule has 0 fully saturated rings. The molecule has 1 aromatic heterocycles. The first kappa shape index (κ1) is 25.0. The van der Waals surface area contributed by atoms with E-state index < -0.39 is 23.5 Å². The SMILES string of the molecule is CCOc1cc(C2C(C(=O)c3cc4cccc(OC)c4o3)=C(O)C(=O)N2c2cccc(C)c2)ccc1OC. The van der Waals surface area contributed by atoms with Gasteiger partial charge in [-0.1, -0.05) is 30.3 Å². The van der Waals surface area contributed by atoms with Crippen LogP contribution < -0.4 is 19.1 Å². The summed E-state index contributed by atoms with van der Waals surface area (Å²) >= 11 is 0. The number of hydrogen-bond donors (Lipinski definition) is 1. The van der Waals surface area contributed by atoms with Crippen molar-refractivity contribution in [1.29, 1.82) is 0 Å². The Morgan fingerprint density at radius 2 is 1.74 bits per heavy atom. The third-order valence-electron chi connectivity index (χ3n) is 6.49. The molecule has 1 amide bonds. The number of hydrogen-bond acceptors (Lipinski definition) is 7. The second-order valence-corrected chi connectivity index (χ2v) is 8.84. The number of furan rings is 1. The van der Waals surface area contributed by atoms with Crippen LogP contribution in [0.15, 0.2) is 82.5 Å². The number of fused-ring (bicyclic) bond motifs is 1. The lowest BCUT2D eigenvalue weighted by molar-refractivity contribution is -0.117. The van der Waals surface area contributed by atoms with Gasteiger partial charge in [0.05, 0.1) is 32.4 Å². The summed E-state index contributed by atoms with van der Waals surface area (Å²) in [5, 5.41) is 11.8. The van der Waals surface area contributed by atoms with E-state index in [4.69, 9.17) is 18.6 Å². The van der Waals surface area contributed by atoms with E-state index in [1.54, 1.807) is 48.5 Å². The Labute approximate surface area is 219 Å². The Balaban J connectivity index is 1.69. The van der Waals surface area contributed by atoms with Crippen molar-refractivity contribution in [3.63, 3.8) is 0 Å². The van der Waals surface area contributed by atoms with E-state index in [0.717, 1.165) is 5.56 Å². The zero-order chi connectivity index (χ0) is 27.0. The summed E-state index contributed by atoms with van der Waals surface area (Å²) in [4.78, 5) is 28.9. The predicted octanol–water partition coefficient (Wildman–Crippen LogP) is 5.94. The van der Waals surface area contributed by atoms with Gasteiger partial charge in [0.2, 0.25) is 5.78 Å². The molecule has 2 heterocycles. The fourth-order valence-electron chi connectivity index (χ4n) is 4.77. The van der Waals surface area contributed by atoms with Crippen molar-refractivity contribution in [3.8, 4) is 17.2 Å². The molecule has 0 radical (unpaired) electrons. The van der Waals surface area contributed by atoms with Gasteiger partial charge in [0.1, 0.15) is 0 Å². The molecule has 1 aliphatic rings. The van der Waals surface area contributed by atoms with Crippen LogP contribution in [-0.2, 0) is 4.79 Å². The molecule has 0 bridgehead atoms. The lowest BCUT2D eigenvalue weighted by Gasteiger charge is -2.27. The number of methoxy groups -OCH3 is 2. The van der Waals surface area contributed by atoms with Crippen LogP contribution >= 0.6 is 0 Å². The van der Waals surface area contributed by atoms with Gasteiger partial charge in [-0.2, -0.15) is 0 Å². The first-order valence-corrected chi connectivity index (χ1v) is 12.1. The van der Waals surface area contributed by atoms with Gasteiger partial charge >= 0.3 is 0 Å². The number of aliphatic hydroxyl groups excluding tert-OH is 1. The highest BCUT2D eigenvalue weighted by Gasteiger charge is 2.45. The van der Waals surface area contributed by atoms with E-state index in [9.17, 15) is 14.7 Å². The molecule has 8 heteroatoms. The molecule has 1 atom stereocenters. The number of Topliss-reactive ketones (excluding diaryl/α,β-unsaturated/α-hetero) is 1. The Bertz CT molecular complexity index is 1580. The fraction of sp³-hybridized carbons (Fsp3) is 0.200. The highest BCUT2D eigenvalue weighted by atomic mass is 16.5. The molecular formula is C30H27NO7. The average molecular weight is 514 g/mol. The quantitative estimate of drug-likeness (QED) is 0.291. The monoisotopic (exact) mass is 513 g/mol. The maximum atomic E-state index is 13.9. The van der Waals surface area contributed by atoms with Crippen LogP contribution in [-0.4, -0.2) is 37.6 Å². The molecule has 4 aromatic rings. The maximum Gasteiger partial charge on any atom is 0.294 e. The van der Waals surface area contributed by atoms with Gasteiger partial charge < -0.3 is 23.7 Å². The van der Waals surface area contributed by atoms with Crippen LogP contribution in [0.2, 0.25) is 0 Å². The third-order valence-corrected chi connectivity index (χ3v) is 6.49. The minimum Gasteiger partial charge on any atom is -0.503 e. The number of rotatable bonds is 8. The summed E-state index contributed by atoms with van der Waals surface area (Å²) in [6, 6.07) is 18.4. The van der Waals surface area contributed by atoms with Crippen molar-refractivity contribution in [2.24, 2.45) is 0 Å². The highest BCUT2D eigenvalue weighted by molar-refractivity contribution is 6.20. The summed E-state index contributed by atoms with van der Waals surface area (Å²) in [6.45, 7) is 4.14. The predicted molar refractivity (Wildman–Crippen MR) is 142 cm³/mol. The zero-order valence-corrected chi connectivity index (χ0v) is 21.5. The summed E-state index contributed by atoms with van der Waals surface area (Å²) < 4.78 is 22.4. The largest absolute Gasteiger partial charge is 0.503 e.